The molecule has 82 valence electrons. The molecule has 7 nitrogen and oxygen atoms in total. The standard InChI is InChI=1S/C6H13N3O4S/c1-5(2)9-6(11)7(3)8(4-10)14(9,12)13/h5,10H,4H2,1-3H3. The highest BCUT2D eigenvalue weighted by Gasteiger charge is 2.47. The largest absolute Gasteiger partial charge is 0.378 e. The Balaban J connectivity index is 3.18. The minimum atomic E-state index is -3.88. The van der Waals surface area contributed by atoms with E-state index in [-0.39, 0.29) is 0 Å². The summed E-state index contributed by atoms with van der Waals surface area (Å²) in [5, 5.41) is 9.69. The lowest BCUT2D eigenvalue weighted by atomic mass is 10.4. The SMILES string of the molecule is CC(C)N1C(=O)N(C)N(CO)S1(=O)=O. The highest BCUT2D eigenvalue weighted by atomic mass is 32.2. The third kappa shape index (κ3) is 1.35. The van der Waals surface area contributed by atoms with Gasteiger partial charge in [0.2, 0.25) is 0 Å². The second-order valence-corrected chi connectivity index (χ2v) is 4.88. The number of aliphatic hydroxyl groups excluding tert-OH is 1. The molecule has 0 bridgehead atoms. The normalized spacial score (nSPS) is 22.5. The van der Waals surface area contributed by atoms with E-state index in [1.165, 1.54) is 7.05 Å². The van der Waals surface area contributed by atoms with Crippen molar-refractivity contribution in [2.75, 3.05) is 13.8 Å². The van der Waals surface area contributed by atoms with E-state index in [1.54, 1.807) is 13.8 Å². The first-order valence-electron chi connectivity index (χ1n) is 4.04. The van der Waals surface area contributed by atoms with Gasteiger partial charge in [0.25, 0.3) is 0 Å². The summed E-state index contributed by atoms with van der Waals surface area (Å²) in [7, 11) is -2.59. The number of carbonyl (C=O) groups is 1. The number of hydrogen-bond donors (Lipinski definition) is 1. The van der Waals surface area contributed by atoms with Gasteiger partial charge in [-0.2, -0.15) is 8.42 Å². The topological polar surface area (TPSA) is 81.2 Å². The number of amides is 2. The van der Waals surface area contributed by atoms with Crippen LogP contribution in [-0.4, -0.2) is 53.1 Å². The van der Waals surface area contributed by atoms with Gasteiger partial charge in [-0.05, 0) is 13.8 Å². The summed E-state index contributed by atoms with van der Waals surface area (Å²) >= 11 is 0. The first-order chi connectivity index (χ1) is 6.34. The maximum atomic E-state index is 11.6. The molecule has 0 aromatic carbocycles. The Morgan fingerprint density at radius 1 is 1.43 bits per heavy atom. The highest BCUT2D eigenvalue weighted by Crippen LogP contribution is 2.23. The van der Waals surface area contributed by atoms with Gasteiger partial charge in [-0.1, -0.05) is 4.41 Å². The van der Waals surface area contributed by atoms with E-state index in [2.05, 4.69) is 0 Å². The molecule has 0 atom stereocenters. The van der Waals surface area contributed by atoms with E-state index in [0.717, 1.165) is 9.31 Å². The number of carbonyl (C=O) groups excluding carboxylic acids is 1. The number of hydrogen-bond acceptors (Lipinski definition) is 4. The molecule has 0 aromatic heterocycles. The second-order valence-electron chi connectivity index (χ2n) is 3.17. The average molecular weight is 223 g/mol. The Morgan fingerprint density at radius 2 is 1.93 bits per heavy atom. The van der Waals surface area contributed by atoms with Crippen LogP contribution in [0.5, 0.6) is 0 Å². The van der Waals surface area contributed by atoms with Crippen molar-refractivity contribution in [2.45, 2.75) is 19.9 Å². The number of hydrazine groups is 1. The molecule has 0 unspecified atom stereocenters. The Bertz CT molecular complexity index is 339. The Morgan fingerprint density at radius 3 is 2.14 bits per heavy atom. The van der Waals surface area contributed by atoms with Crippen LogP contribution in [0.3, 0.4) is 0 Å². The van der Waals surface area contributed by atoms with Crippen LogP contribution in [0.25, 0.3) is 0 Å². The van der Waals surface area contributed by atoms with Crippen LogP contribution in [0.1, 0.15) is 13.8 Å². The Labute approximate surface area is 82.7 Å². The molecule has 1 saturated heterocycles. The molecular weight excluding hydrogens is 210 g/mol. The van der Waals surface area contributed by atoms with Crippen molar-refractivity contribution in [2.24, 2.45) is 0 Å². The lowest BCUT2D eigenvalue weighted by molar-refractivity contribution is 0.0554. The summed E-state index contributed by atoms with van der Waals surface area (Å²) in [5.41, 5.74) is 0. The van der Waals surface area contributed by atoms with Gasteiger partial charge in [0.05, 0.1) is 0 Å². The maximum absolute atomic E-state index is 11.6. The first-order valence-corrected chi connectivity index (χ1v) is 5.44. The number of nitrogens with zero attached hydrogens (tertiary/aromatic N) is 3. The van der Waals surface area contributed by atoms with Crippen molar-refractivity contribution in [1.82, 2.24) is 13.7 Å². The smallest absolute Gasteiger partial charge is 0.350 e. The zero-order valence-electron chi connectivity index (χ0n) is 8.21. The van der Waals surface area contributed by atoms with Gasteiger partial charge in [0, 0.05) is 13.1 Å². The van der Waals surface area contributed by atoms with Crippen LogP contribution in [0.4, 0.5) is 4.79 Å². The molecule has 0 radical (unpaired) electrons. The predicted molar refractivity (Wildman–Crippen MR) is 48.0 cm³/mol. The van der Waals surface area contributed by atoms with Crippen molar-refractivity contribution in [3.63, 3.8) is 0 Å². The third-order valence-corrected chi connectivity index (χ3v) is 3.87. The molecule has 14 heavy (non-hydrogen) atoms. The fraction of sp³-hybridized carbons (Fsp3) is 0.833. The van der Waals surface area contributed by atoms with Crippen LogP contribution in [0.2, 0.25) is 0 Å². The van der Waals surface area contributed by atoms with E-state index in [4.69, 9.17) is 5.11 Å². The van der Waals surface area contributed by atoms with E-state index < -0.39 is 29.0 Å². The zero-order valence-corrected chi connectivity index (χ0v) is 9.02. The number of aliphatic hydroxyl groups is 1. The summed E-state index contributed by atoms with van der Waals surface area (Å²) in [6.07, 6.45) is 0. The minimum absolute atomic E-state index is 0.466. The first kappa shape index (κ1) is 11.2. The molecule has 1 heterocycles. The summed E-state index contributed by atoms with van der Waals surface area (Å²) < 4.78 is 24.6. The summed E-state index contributed by atoms with van der Waals surface area (Å²) in [5.74, 6) is 0. The highest BCUT2D eigenvalue weighted by molar-refractivity contribution is 7.87. The fourth-order valence-electron chi connectivity index (χ4n) is 1.25. The Hall–Kier alpha value is -0.860. The average Bonchev–Trinajstić information content (AvgIpc) is 2.18. The van der Waals surface area contributed by atoms with E-state index in [1.807, 2.05) is 0 Å². The van der Waals surface area contributed by atoms with Gasteiger partial charge in [-0.15, -0.1) is 0 Å². The van der Waals surface area contributed by atoms with Crippen LogP contribution in [0, 0.1) is 0 Å². The predicted octanol–water partition coefficient (Wildman–Crippen LogP) is -0.826. The number of urea groups is 1. The number of rotatable bonds is 2. The molecule has 0 aliphatic carbocycles. The molecular formula is C6H13N3O4S. The van der Waals surface area contributed by atoms with E-state index in [9.17, 15) is 13.2 Å². The van der Waals surface area contributed by atoms with Gasteiger partial charge in [0.15, 0.2) is 0 Å². The summed E-state index contributed by atoms with van der Waals surface area (Å²) in [4.78, 5) is 11.5. The molecule has 0 spiro atoms. The maximum Gasteiger partial charge on any atom is 0.350 e. The van der Waals surface area contributed by atoms with E-state index >= 15 is 0 Å². The van der Waals surface area contributed by atoms with Crippen LogP contribution in [-0.2, 0) is 10.2 Å². The molecule has 1 fully saturated rings. The van der Waals surface area contributed by atoms with Crippen molar-refractivity contribution < 1.29 is 18.3 Å². The van der Waals surface area contributed by atoms with Crippen molar-refractivity contribution in [3.05, 3.63) is 0 Å². The van der Waals surface area contributed by atoms with Crippen molar-refractivity contribution in [3.8, 4) is 0 Å². The molecule has 1 rings (SSSR count). The third-order valence-electron chi connectivity index (χ3n) is 1.90. The molecule has 1 N–H and O–H groups in total. The summed E-state index contributed by atoms with van der Waals surface area (Å²) in [6.45, 7) is 2.43. The second kappa shape index (κ2) is 3.37. The van der Waals surface area contributed by atoms with Crippen LogP contribution < -0.4 is 0 Å². The monoisotopic (exact) mass is 223 g/mol. The molecule has 8 heteroatoms. The zero-order chi connectivity index (χ0) is 11.1. The molecule has 0 saturated carbocycles. The Kier molecular flexibility index (Phi) is 2.70. The van der Waals surface area contributed by atoms with Crippen molar-refractivity contribution in [1.29, 1.82) is 0 Å². The van der Waals surface area contributed by atoms with Gasteiger partial charge in [-0.3, -0.25) is 0 Å². The lowest BCUT2D eigenvalue weighted by Gasteiger charge is -2.18. The van der Waals surface area contributed by atoms with Gasteiger partial charge < -0.3 is 5.11 Å². The van der Waals surface area contributed by atoms with Crippen LogP contribution >= 0.6 is 0 Å². The van der Waals surface area contributed by atoms with Gasteiger partial charge in [0.1, 0.15) is 6.73 Å². The summed E-state index contributed by atoms with van der Waals surface area (Å²) in [6, 6.07) is -1.12. The molecule has 0 aromatic rings. The molecule has 1 aliphatic heterocycles. The van der Waals surface area contributed by atoms with Crippen LogP contribution in [0.15, 0.2) is 0 Å². The van der Waals surface area contributed by atoms with Gasteiger partial charge >= 0.3 is 16.2 Å². The quantitative estimate of drug-likeness (QED) is 0.662. The van der Waals surface area contributed by atoms with Crippen molar-refractivity contribution >= 4 is 16.2 Å². The molecule has 2 amide bonds. The lowest BCUT2D eigenvalue weighted by Crippen LogP contribution is -2.39. The van der Waals surface area contributed by atoms with E-state index in [0.29, 0.717) is 4.41 Å². The van der Waals surface area contributed by atoms with Gasteiger partial charge in [-0.25, -0.2) is 14.1 Å². The minimum Gasteiger partial charge on any atom is -0.378 e. The fourth-order valence-corrected chi connectivity index (χ4v) is 2.82. The molecule has 1 aliphatic rings.